The highest BCUT2D eigenvalue weighted by atomic mass is 16.5. The van der Waals surface area contributed by atoms with E-state index in [9.17, 15) is 5.11 Å². The van der Waals surface area contributed by atoms with Crippen LogP contribution in [-0.4, -0.2) is 55.4 Å². The number of hydrogen-bond acceptors (Lipinski definition) is 5. The number of nitrogens with one attached hydrogen (secondary N) is 1. The number of aliphatic hydroxyl groups excluding tert-OH is 1. The fraction of sp³-hybridized carbons (Fsp3) is 0.562. The summed E-state index contributed by atoms with van der Waals surface area (Å²) in [7, 11) is 0. The van der Waals surface area contributed by atoms with Gasteiger partial charge in [-0.05, 0) is 37.4 Å². The molecule has 0 spiro atoms. The Bertz CT molecular complexity index is 424. The Hall–Kier alpha value is -1.61. The van der Waals surface area contributed by atoms with E-state index in [2.05, 4.69) is 30.1 Å². The molecule has 0 saturated heterocycles. The minimum absolute atomic E-state index is 0.240. The third-order valence-corrected chi connectivity index (χ3v) is 3.30. The zero-order valence-electron chi connectivity index (χ0n) is 12.9. The maximum absolute atomic E-state index is 9.84. The Morgan fingerprint density at radius 3 is 2.52 bits per heavy atom. The van der Waals surface area contributed by atoms with Crippen molar-refractivity contribution in [3.63, 3.8) is 0 Å². The van der Waals surface area contributed by atoms with E-state index >= 15 is 0 Å². The van der Waals surface area contributed by atoms with E-state index in [1.165, 1.54) is 0 Å². The molecule has 21 heavy (non-hydrogen) atoms. The summed E-state index contributed by atoms with van der Waals surface area (Å²) in [4.78, 5) is 2.33. The lowest BCUT2D eigenvalue weighted by atomic mass is 10.2. The molecule has 5 nitrogen and oxygen atoms in total. The number of benzene rings is 1. The van der Waals surface area contributed by atoms with Crippen molar-refractivity contribution in [1.82, 2.24) is 10.2 Å². The highest BCUT2D eigenvalue weighted by Crippen LogP contribution is 2.11. The summed E-state index contributed by atoms with van der Waals surface area (Å²) in [6, 6.07) is 8.92. The van der Waals surface area contributed by atoms with Gasteiger partial charge in [-0.1, -0.05) is 13.8 Å². The molecule has 0 amide bonds. The Morgan fingerprint density at radius 2 is 1.95 bits per heavy atom. The summed E-state index contributed by atoms with van der Waals surface area (Å²) in [5, 5.41) is 21.8. The Balaban J connectivity index is 2.16. The van der Waals surface area contributed by atoms with Crippen molar-refractivity contribution in [3.8, 4) is 11.8 Å². The molecule has 1 rings (SSSR count). The van der Waals surface area contributed by atoms with Crippen LogP contribution in [0.5, 0.6) is 5.75 Å². The molecular weight excluding hydrogens is 266 g/mol. The number of hydrogen-bond donors (Lipinski definition) is 2. The van der Waals surface area contributed by atoms with Gasteiger partial charge in [-0.15, -0.1) is 0 Å². The van der Waals surface area contributed by atoms with Crippen molar-refractivity contribution < 1.29 is 9.84 Å². The van der Waals surface area contributed by atoms with E-state index in [1.54, 1.807) is 24.3 Å². The molecule has 0 aliphatic rings. The third kappa shape index (κ3) is 7.09. The predicted octanol–water partition coefficient (Wildman–Crippen LogP) is 1.23. The number of nitriles is 1. The van der Waals surface area contributed by atoms with E-state index in [0.717, 1.165) is 26.2 Å². The van der Waals surface area contributed by atoms with E-state index in [-0.39, 0.29) is 6.61 Å². The van der Waals surface area contributed by atoms with Crippen LogP contribution >= 0.6 is 0 Å². The van der Waals surface area contributed by atoms with Gasteiger partial charge in [0.1, 0.15) is 18.5 Å². The first kappa shape index (κ1) is 17.4. The molecule has 0 unspecified atom stereocenters. The molecule has 116 valence electrons. The van der Waals surface area contributed by atoms with Crippen molar-refractivity contribution in [2.45, 2.75) is 20.0 Å². The quantitative estimate of drug-likeness (QED) is 0.635. The van der Waals surface area contributed by atoms with Crippen molar-refractivity contribution in [2.24, 2.45) is 0 Å². The second kappa shape index (κ2) is 10.2. The Labute approximate surface area is 127 Å². The van der Waals surface area contributed by atoms with Crippen molar-refractivity contribution in [3.05, 3.63) is 29.8 Å². The van der Waals surface area contributed by atoms with Crippen LogP contribution in [0.2, 0.25) is 0 Å². The molecule has 0 aliphatic heterocycles. The summed E-state index contributed by atoms with van der Waals surface area (Å²) in [6.45, 7) is 8.96. The maximum atomic E-state index is 9.84. The van der Waals surface area contributed by atoms with Gasteiger partial charge in [0.15, 0.2) is 0 Å². The van der Waals surface area contributed by atoms with E-state index in [1.807, 2.05) is 0 Å². The molecule has 0 saturated carbocycles. The summed E-state index contributed by atoms with van der Waals surface area (Å²) in [6.07, 6.45) is -0.544. The smallest absolute Gasteiger partial charge is 0.119 e. The monoisotopic (exact) mass is 291 g/mol. The number of likely N-dealkylation sites (N-methyl/N-ethyl adjacent to an activating group) is 1. The summed E-state index contributed by atoms with van der Waals surface area (Å²) in [5.74, 6) is 0.663. The SMILES string of the molecule is CCN(CC)CCNC[C@H](O)COc1ccc(C#N)cc1. The lowest BCUT2D eigenvalue weighted by Crippen LogP contribution is -2.37. The summed E-state index contributed by atoms with van der Waals surface area (Å²) < 4.78 is 5.48. The van der Waals surface area contributed by atoms with Gasteiger partial charge in [-0.25, -0.2) is 0 Å². The Morgan fingerprint density at radius 1 is 1.29 bits per heavy atom. The van der Waals surface area contributed by atoms with Crippen LogP contribution in [0.15, 0.2) is 24.3 Å². The van der Waals surface area contributed by atoms with E-state index in [4.69, 9.17) is 10.00 Å². The molecule has 1 aromatic rings. The molecule has 5 heteroatoms. The van der Waals surface area contributed by atoms with Gasteiger partial charge >= 0.3 is 0 Å². The number of ether oxygens (including phenoxy) is 1. The zero-order chi connectivity index (χ0) is 15.5. The van der Waals surface area contributed by atoms with Crippen molar-refractivity contribution in [1.29, 1.82) is 5.26 Å². The largest absolute Gasteiger partial charge is 0.491 e. The fourth-order valence-corrected chi connectivity index (χ4v) is 1.92. The van der Waals surface area contributed by atoms with Gasteiger partial charge in [-0.2, -0.15) is 5.26 Å². The zero-order valence-corrected chi connectivity index (χ0v) is 12.9. The molecule has 1 atom stereocenters. The second-order valence-corrected chi connectivity index (χ2v) is 4.83. The molecule has 1 aromatic carbocycles. The van der Waals surface area contributed by atoms with Crippen LogP contribution in [0.3, 0.4) is 0 Å². The number of rotatable bonds is 10. The first-order valence-corrected chi connectivity index (χ1v) is 7.43. The standard InChI is InChI=1S/C16H25N3O2/c1-3-19(4-2)10-9-18-12-15(20)13-21-16-7-5-14(11-17)6-8-16/h5-8,15,18,20H,3-4,9-10,12-13H2,1-2H3/t15-/m0/s1. The highest BCUT2D eigenvalue weighted by molar-refractivity contribution is 5.34. The average molecular weight is 291 g/mol. The normalized spacial score (nSPS) is 12.1. The minimum Gasteiger partial charge on any atom is -0.491 e. The van der Waals surface area contributed by atoms with Crippen LogP contribution in [0.25, 0.3) is 0 Å². The average Bonchev–Trinajstić information content (AvgIpc) is 2.53. The first-order chi connectivity index (χ1) is 10.2. The van der Waals surface area contributed by atoms with Crippen LogP contribution < -0.4 is 10.1 Å². The topological polar surface area (TPSA) is 68.5 Å². The molecule has 2 N–H and O–H groups in total. The lowest BCUT2D eigenvalue weighted by molar-refractivity contribution is 0.106. The van der Waals surface area contributed by atoms with Gasteiger partial charge in [0.2, 0.25) is 0 Å². The number of aliphatic hydroxyl groups is 1. The third-order valence-electron chi connectivity index (χ3n) is 3.30. The van der Waals surface area contributed by atoms with E-state index < -0.39 is 6.10 Å². The molecule has 0 radical (unpaired) electrons. The molecule has 0 bridgehead atoms. The van der Waals surface area contributed by atoms with Crippen LogP contribution in [0.4, 0.5) is 0 Å². The van der Waals surface area contributed by atoms with Gasteiger partial charge in [0.05, 0.1) is 11.6 Å². The fourth-order valence-electron chi connectivity index (χ4n) is 1.92. The van der Waals surface area contributed by atoms with Gasteiger partial charge in [-0.3, -0.25) is 0 Å². The van der Waals surface area contributed by atoms with Crippen LogP contribution in [0, 0.1) is 11.3 Å². The van der Waals surface area contributed by atoms with Gasteiger partial charge in [0, 0.05) is 19.6 Å². The number of nitrogens with zero attached hydrogens (tertiary/aromatic N) is 2. The first-order valence-electron chi connectivity index (χ1n) is 7.43. The van der Waals surface area contributed by atoms with Crippen molar-refractivity contribution >= 4 is 0 Å². The molecule has 0 fully saturated rings. The molecule has 0 aromatic heterocycles. The minimum atomic E-state index is -0.544. The van der Waals surface area contributed by atoms with Crippen LogP contribution in [0.1, 0.15) is 19.4 Å². The summed E-state index contributed by atoms with van der Waals surface area (Å²) in [5.41, 5.74) is 0.598. The van der Waals surface area contributed by atoms with Crippen LogP contribution in [-0.2, 0) is 0 Å². The molecular formula is C16H25N3O2. The Kier molecular flexibility index (Phi) is 8.44. The van der Waals surface area contributed by atoms with Gasteiger partial charge < -0.3 is 20.1 Å². The summed E-state index contributed by atoms with van der Waals surface area (Å²) >= 11 is 0. The molecule has 0 heterocycles. The highest BCUT2D eigenvalue weighted by Gasteiger charge is 2.05. The molecule has 0 aliphatic carbocycles. The van der Waals surface area contributed by atoms with Crippen molar-refractivity contribution in [2.75, 3.05) is 39.3 Å². The lowest BCUT2D eigenvalue weighted by Gasteiger charge is -2.19. The predicted molar refractivity (Wildman–Crippen MR) is 83.3 cm³/mol. The maximum Gasteiger partial charge on any atom is 0.119 e. The second-order valence-electron chi connectivity index (χ2n) is 4.83. The van der Waals surface area contributed by atoms with E-state index in [0.29, 0.717) is 17.9 Å². The van der Waals surface area contributed by atoms with Gasteiger partial charge in [0.25, 0.3) is 0 Å².